The quantitative estimate of drug-likeness (QED) is 0.877. The number of halogens is 1. The Kier molecular flexibility index (Phi) is 3.43. The van der Waals surface area contributed by atoms with Crippen molar-refractivity contribution in [2.75, 3.05) is 18.6 Å². The molecule has 0 bridgehead atoms. The van der Waals surface area contributed by atoms with Crippen molar-refractivity contribution < 1.29 is 14.3 Å². The van der Waals surface area contributed by atoms with Crippen LogP contribution in [0.3, 0.4) is 0 Å². The lowest BCUT2D eigenvalue weighted by Gasteiger charge is -2.33. The second-order valence-electron chi connectivity index (χ2n) is 3.97. The molecule has 0 spiro atoms. The van der Waals surface area contributed by atoms with Gasteiger partial charge in [0.2, 0.25) is 11.8 Å². The van der Waals surface area contributed by atoms with E-state index < -0.39 is 6.04 Å². The molecule has 1 fully saturated rings. The molecule has 18 heavy (non-hydrogen) atoms. The third kappa shape index (κ3) is 2.13. The first kappa shape index (κ1) is 12.7. The summed E-state index contributed by atoms with van der Waals surface area (Å²) >= 11 is 5.93. The third-order valence-electron chi connectivity index (χ3n) is 2.85. The number of amides is 2. The van der Waals surface area contributed by atoms with E-state index in [1.54, 1.807) is 25.1 Å². The van der Waals surface area contributed by atoms with Crippen LogP contribution in [-0.2, 0) is 9.59 Å². The number of hydrogen-bond acceptors (Lipinski definition) is 3. The van der Waals surface area contributed by atoms with Crippen LogP contribution in [0.25, 0.3) is 0 Å². The standard InChI is InChI=1S/C12H13ClN2O3/c1-7-12(17)14-6-11(16)15(7)9-5-8(13)3-4-10(9)18-2/h3-5,7H,6H2,1-2H3,(H,14,17). The van der Waals surface area contributed by atoms with Crippen molar-refractivity contribution in [3.63, 3.8) is 0 Å². The van der Waals surface area contributed by atoms with Crippen LogP contribution in [-0.4, -0.2) is 31.5 Å². The molecule has 1 heterocycles. The van der Waals surface area contributed by atoms with Crippen molar-refractivity contribution in [1.29, 1.82) is 0 Å². The van der Waals surface area contributed by atoms with Gasteiger partial charge in [-0.3, -0.25) is 14.5 Å². The zero-order chi connectivity index (χ0) is 13.3. The maximum Gasteiger partial charge on any atom is 0.247 e. The predicted octanol–water partition coefficient (Wildman–Crippen LogP) is 1.20. The number of carbonyl (C=O) groups excluding carboxylic acids is 2. The van der Waals surface area contributed by atoms with Crippen molar-refractivity contribution in [2.45, 2.75) is 13.0 Å². The van der Waals surface area contributed by atoms with E-state index in [-0.39, 0.29) is 18.4 Å². The van der Waals surface area contributed by atoms with Gasteiger partial charge in [-0.25, -0.2) is 0 Å². The molecule has 0 aromatic heterocycles. The van der Waals surface area contributed by atoms with Gasteiger partial charge in [-0.2, -0.15) is 0 Å². The van der Waals surface area contributed by atoms with Gasteiger partial charge < -0.3 is 10.1 Å². The third-order valence-corrected chi connectivity index (χ3v) is 3.08. The minimum Gasteiger partial charge on any atom is -0.495 e. The first-order chi connectivity index (χ1) is 8.54. The summed E-state index contributed by atoms with van der Waals surface area (Å²) < 4.78 is 5.20. The minimum absolute atomic E-state index is 0.0150. The van der Waals surface area contributed by atoms with Crippen molar-refractivity contribution in [2.24, 2.45) is 0 Å². The average Bonchev–Trinajstić information content (AvgIpc) is 2.35. The molecule has 1 aromatic carbocycles. The van der Waals surface area contributed by atoms with Crippen LogP contribution in [0.2, 0.25) is 5.02 Å². The van der Waals surface area contributed by atoms with E-state index in [2.05, 4.69) is 5.32 Å². The SMILES string of the molecule is COc1ccc(Cl)cc1N1C(=O)CNC(=O)C1C. The molecule has 1 saturated heterocycles. The molecular weight excluding hydrogens is 256 g/mol. The summed E-state index contributed by atoms with van der Waals surface area (Å²) in [4.78, 5) is 25.0. The van der Waals surface area contributed by atoms with E-state index in [4.69, 9.17) is 16.3 Å². The number of nitrogens with one attached hydrogen (secondary N) is 1. The first-order valence-corrected chi connectivity index (χ1v) is 5.85. The van der Waals surface area contributed by atoms with Crippen LogP contribution in [0.15, 0.2) is 18.2 Å². The fraction of sp³-hybridized carbons (Fsp3) is 0.333. The lowest BCUT2D eigenvalue weighted by molar-refractivity contribution is -0.130. The molecule has 2 amide bonds. The molecule has 0 radical (unpaired) electrons. The Balaban J connectivity index is 2.48. The Labute approximate surface area is 110 Å². The summed E-state index contributed by atoms with van der Waals surface area (Å²) in [6, 6.07) is 4.37. The molecule has 0 saturated carbocycles. The number of benzene rings is 1. The van der Waals surface area contributed by atoms with Gasteiger partial charge in [0.25, 0.3) is 0 Å². The Morgan fingerprint density at radius 2 is 2.17 bits per heavy atom. The number of piperazine rings is 1. The van der Waals surface area contributed by atoms with Gasteiger partial charge in [-0.05, 0) is 25.1 Å². The van der Waals surface area contributed by atoms with Crippen molar-refractivity contribution in [3.8, 4) is 5.75 Å². The van der Waals surface area contributed by atoms with Gasteiger partial charge in [0, 0.05) is 5.02 Å². The molecule has 1 unspecified atom stereocenters. The second-order valence-corrected chi connectivity index (χ2v) is 4.41. The molecule has 96 valence electrons. The average molecular weight is 269 g/mol. The van der Waals surface area contributed by atoms with Gasteiger partial charge >= 0.3 is 0 Å². The van der Waals surface area contributed by atoms with Gasteiger partial charge in [-0.15, -0.1) is 0 Å². The van der Waals surface area contributed by atoms with Gasteiger partial charge in [0.1, 0.15) is 11.8 Å². The molecule has 1 aliphatic rings. The maximum absolute atomic E-state index is 11.9. The summed E-state index contributed by atoms with van der Waals surface area (Å²) in [5, 5.41) is 3.01. The number of nitrogens with zero attached hydrogens (tertiary/aromatic N) is 1. The molecule has 1 aromatic rings. The minimum atomic E-state index is -0.585. The number of hydrogen-bond donors (Lipinski definition) is 1. The molecular formula is C12H13ClN2O3. The van der Waals surface area contributed by atoms with Crippen LogP contribution in [0, 0.1) is 0 Å². The number of carbonyl (C=O) groups is 2. The van der Waals surface area contributed by atoms with Gasteiger partial charge in [-0.1, -0.05) is 11.6 Å². The normalized spacial score (nSPS) is 19.7. The molecule has 5 nitrogen and oxygen atoms in total. The van der Waals surface area contributed by atoms with Crippen molar-refractivity contribution in [1.82, 2.24) is 5.32 Å². The molecule has 0 aliphatic carbocycles. The topological polar surface area (TPSA) is 58.6 Å². The Bertz CT molecular complexity index is 504. The molecule has 6 heteroatoms. The molecule has 1 atom stereocenters. The number of methoxy groups -OCH3 is 1. The van der Waals surface area contributed by atoms with Crippen molar-refractivity contribution >= 4 is 29.1 Å². The number of ether oxygens (including phenoxy) is 1. The summed E-state index contributed by atoms with van der Waals surface area (Å²) in [5.41, 5.74) is 0.511. The molecule has 2 rings (SSSR count). The highest BCUT2D eigenvalue weighted by Gasteiger charge is 2.33. The van der Waals surface area contributed by atoms with Crippen LogP contribution < -0.4 is 15.0 Å². The van der Waals surface area contributed by atoms with Crippen LogP contribution in [0.1, 0.15) is 6.92 Å². The fourth-order valence-corrected chi connectivity index (χ4v) is 2.09. The summed E-state index contributed by atoms with van der Waals surface area (Å²) in [6.07, 6.45) is 0. The van der Waals surface area contributed by atoms with E-state index in [1.807, 2.05) is 0 Å². The van der Waals surface area contributed by atoms with E-state index in [9.17, 15) is 9.59 Å². The van der Waals surface area contributed by atoms with E-state index >= 15 is 0 Å². The summed E-state index contributed by atoms with van der Waals surface area (Å²) in [7, 11) is 1.51. The zero-order valence-electron chi connectivity index (χ0n) is 10.1. The van der Waals surface area contributed by atoms with Gasteiger partial charge in [0.05, 0.1) is 19.3 Å². The Hall–Kier alpha value is -1.75. The van der Waals surface area contributed by atoms with Crippen LogP contribution in [0.5, 0.6) is 5.75 Å². The lowest BCUT2D eigenvalue weighted by Crippen LogP contribution is -2.57. The largest absolute Gasteiger partial charge is 0.495 e. The van der Waals surface area contributed by atoms with E-state index in [1.165, 1.54) is 12.0 Å². The fourth-order valence-electron chi connectivity index (χ4n) is 1.92. The summed E-state index contributed by atoms with van der Waals surface area (Å²) in [5.74, 6) is 0.119. The molecule has 1 N–H and O–H groups in total. The van der Waals surface area contributed by atoms with Crippen LogP contribution >= 0.6 is 11.6 Å². The van der Waals surface area contributed by atoms with E-state index in [0.717, 1.165) is 0 Å². The molecule has 1 aliphatic heterocycles. The summed E-state index contributed by atoms with van der Waals surface area (Å²) in [6.45, 7) is 1.64. The Morgan fingerprint density at radius 1 is 1.44 bits per heavy atom. The smallest absolute Gasteiger partial charge is 0.247 e. The zero-order valence-corrected chi connectivity index (χ0v) is 10.8. The number of rotatable bonds is 2. The van der Waals surface area contributed by atoms with Gasteiger partial charge in [0.15, 0.2) is 0 Å². The lowest BCUT2D eigenvalue weighted by atomic mass is 10.1. The van der Waals surface area contributed by atoms with Crippen LogP contribution in [0.4, 0.5) is 5.69 Å². The van der Waals surface area contributed by atoms with E-state index in [0.29, 0.717) is 16.5 Å². The first-order valence-electron chi connectivity index (χ1n) is 5.48. The highest BCUT2D eigenvalue weighted by molar-refractivity contribution is 6.31. The number of anilines is 1. The highest BCUT2D eigenvalue weighted by atomic mass is 35.5. The highest BCUT2D eigenvalue weighted by Crippen LogP contribution is 2.33. The second kappa shape index (κ2) is 4.86. The monoisotopic (exact) mass is 268 g/mol. The predicted molar refractivity (Wildman–Crippen MR) is 68.0 cm³/mol. The van der Waals surface area contributed by atoms with Crippen molar-refractivity contribution in [3.05, 3.63) is 23.2 Å². The maximum atomic E-state index is 11.9. The Morgan fingerprint density at radius 3 is 2.83 bits per heavy atom.